The molecule has 7 heteroatoms. The molecule has 0 aliphatic carbocycles. The second-order valence-electron chi connectivity index (χ2n) is 7.55. The Hall–Kier alpha value is -2.77. The molecule has 0 unspecified atom stereocenters. The summed E-state index contributed by atoms with van der Waals surface area (Å²) in [4.78, 5) is 31.7. The van der Waals surface area contributed by atoms with Crippen molar-refractivity contribution in [3.8, 4) is 11.1 Å². The molecule has 0 N–H and O–H groups in total. The van der Waals surface area contributed by atoms with E-state index in [9.17, 15) is 9.59 Å². The lowest BCUT2D eigenvalue weighted by molar-refractivity contribution is 0.0378. The van der Waals surface area contributed by atoms with Gasteiger partial charge >= 0.3 is 5.97 Å². The fourth-order valence-electron chi connectivity index (χ4n) is 3.44. The molecule has 0 fully saturated rings. The standard InChI is InChI=1S/C24H21BrN2O3S/c1-14(2)30-24(29)18-6-4-16(5-7-18)12-27-13-26-22-21(23(27)28)20(15(3)31-22)17-8-10-19(25)11-9-17/h4-11,13-14H,12H2,1-3H3. The van der Waals surface area contributed by atoms with Crippen LogP contribution in [0.1, 0.15) is 34.6 Å². The number of fused-ring (bicyclic) bond motifs is 1. The number of carbonyl (C=O) groups is 1. The highest BCUT2D eigenvalue weighted by atomic mass is 79.9. The first-order chi connectivity index (χ1) is 14.8. The molecule has 0 amide bonds. The first-order valence-electron chi connectivity index (χ1n) is 9.88. The van der Waals surface area contributed by atoms with Gasteiger partial charge in [0, 0.05) is 14.9 Å². The molecule has 2 aromatic heterocycles. The molecular formula is C24H21BrN2O3S. The van der Waals surface area contributed by atoms with Crippen molar-refractivity contribution in [3.63, 3.8) is 0 Å². The molecule has 0 spiro atoms. The number of hydrogen-bond donors (Lipinski definition) is 0. The van der Waals surface area contributed by atoms with Crippen LogP contribution in [0, 0.1) is 6.92 Å². The minimum absolute atomic E-state index is 0.0736. The normalized spacial score (nSPS) is 11.3. The van der Waals surface area contributed by atoms with E-state index >= 15 is 0 Å². The molecule has 2 heterocycles. The topological polar surface area (TPSA) is 61.2 Å². The number of halogens is 1. The fourth-order valence-corrected chi connectivity index (χ4v) is 4.71. The number of hydrogen-bond acceptors (Lipinski definition) is 5. The summed E-state index contributed by atoms with van der Waals surface area (Å²) in [6.07, 6.45) is 1.42. The number of thiophene rings is 1. The van der Waals surface area contributed by atoms with Gasteiger partial charge in [-0.1, -0.05) is 40.2 Å². The summed E-state index contributed by atoms with van der Waals surface area (Å²) >= 11 is 4.99. The van der Waals surface area contributed by atoms with Gasteiger partial charge in [-0.3, -0.25) is 9.36 Å². The number of rotatable bonds is 5. The van der Waals surface area contributed by atoms with Crippen LogP contribution in [0.15, 0.2) is 64.1 Å². The molecule has 2 aromatic carbocycles. The van der Waals surface area contributed by atoms with Crippen molar-refractivity contribution in [2.45, 2.75) is 33.4 Å². The highest BCUT2D eigenvalue weighted by Gasteiger charge is 2.17. The van der Waals surface area contributed by atoms with Gasteiger partial charge in [-0.2, -0.15) is 0 Å². The zero-order chi connectivity index (χ0) is 22.1. The van der Waals surface area contributed by atoms with E-state index in [0.29, 0.717) is 17.5 Å². The Morgan fingerprint density at radius 3 is 2.45 bits per heavy atom. The maximum atomic E-state index is 13.3. The quantitative estimate of drug-likeness (QED) is 0.327. The molecule has 31 heavy (non-hydrogen) atoms. The van der Waals surface area contributed by atoms with Crippen molar-refractivity contribution in [2.24, 2.45) is 0 Å². The molecule has 0 bridgehead atoms. The molecule has 0 aliphatic rings. The van der Waals surface area contributed by atoms with Gasteiger partial charge < -0.3 is 4.74 Å². The molecule has 4 aromatic rings. The highest BCUT2D eigenvalue weighted by molar-refractivity contribution is 9.10. The Morgan fingerprint density at radius 2 is 1.81 bits per heavy atom. The molecule has 0 atom stereocenters. The van der Waals surface area contributed by atoms with Crippen LogP contribution in [-0.4, -0.2) is 21.6 Å². The van der Waals surface area contributed by atoms with Crippen molar-refractivity contribution < 1.29 is 9.53 Å². The minimum Gasteiger partial charge on any atom is -0.459 e. The summed E-state index contributed by atoms with van der Waals surface area (Å²) in [5.41, 5.74) is 3.25. The van der Waals surface area contributed by atoms with Crippen LogP contribution in [0.4, 0.5) is 0 Å². The van der Waals surface area contributed by atoms with Gasteiger partial charge in [0.2, 0.25) is 0 Å². The lowest BCUT2D eigenvalue weighted by Gasteiger charge is -2.09. The molecule has 0 saturated carbocycles. The summed E-state index contributed by atoms with van der Waals surface area (Å²) in [6, 6.07) is 15.1. The SMILES string of the molecule is Cc1sc2ncn(Cc3ccc(C(=O)OC(C)C)cc3)c(=O)c2c1-c1ccc(Br)cc1. The fraction of sp³-hybridized carbons (Fsp3) is 0.208. The highest BCUT2D eigenvalue weighted by Crippen LogP contribution is 2.35. The van der Waals surface area contributed by atoms with Crippen LogP contribution in [0.2, 0.25) is 0 Å². The van der Waals surface area contributed by atoms with E-state index in [1.807, 2.05) is 57.2 Å². The third kappa shape index (κ3) is 4.48. The summed E-state index contributed by atoms with van der Waals surface area (Å²) < 4.78 is 7.82. The molecular weight excluding hydrogens is 476 g/mol. The largest absolute Gasteiger partial charge is 0.459 e. The van der Waals surface area contributed by atoms with Gasteiger partial charge in [0.25, 0.3) is 5.56 Å². The number of carbonyl (C=O) groups excluding carboxylic acids is 1. The van der Waals surface area contributed by atoms with Crippen molar-refractivity contribution in [1.82, 2.24) is 9.55 Å². The second-order valence-corrected chi connectivity index (χ2v) is 9.67. The molecule has 5 nitrogen and oxygen atoms in total. The summed E-state index contributed by atoms with van der Waals surface area (Å²) in [7, 11) is 0. The Bertz CT molecular complexity index is 1310. The van der Waals surface area contributed by atoms with Gasteiger partial charge in [-0.25, -0.2) is 9.78 Å². The molecule has 0 radical (unpaired) electrons. The van der Waals surface area contributed by atoms with Gasteiger partial charge in [0.15, 0.2) is 0 Å². The number of nitrogens with zero attached hydrogens (tertiary/aromatic N) is 2. The van der Waals surface area contributed by atoms with Crippen molar-refractivity contribution in [2.75, 3.05) is 0 Å². The zero-order valence-electron chi connectivity index (χ0n) is 17.4. The molecule has 0 saturated heterocycles. The first-order valence-corrected chi connectivity index (χ1v) is 11.5. The van der Waals surface area contributed by atoms with Crippen LogP contribution in [0.5, 0.6) is 0 Å². The van der Waals surface area contributed by atoms with E-state index < -0.39 is 0 Å². The van der Waals surface area contributed by atoms with Crippen LogP contribution >= 0.6 is 27.3 Å². The summed E-state index contributed by atoms with van der Waals surface area (Å²) in [5, 5.41) is 0.643. The van der Waals surface area contributed by atoms with E-state index in [2.05, 4.69) is 20.9 Å². The van der Waals surface area contributed by atoms with Crippen LogP contribution < -0.4 is 5.56 Å². The van der Waals surface area contributed by atoms with Gasteiger partial charge in [-0.15, -0.1) is 11.3 Å². The van der Waals surface area contributed by atoms with Gasteiger partial charge in [-0.05, 0) is 56.2 Å². The first kappa shape index (κ1) is 21.5. The smallest absolute Gasteiger partial charge is 0.338 e. The van der Waals surface area contributed by atoms with E-state index in [0.717, 1.165) is 30.9 Å². The maximum absolute atomic E-state index is 13.3. The van der Waals surface area contributed by atoms with Crippen molar-refractivity contribution >= 4 is 43.5 Å². The molecule has 0 aliphatic heterocycles. The van der Waals surface area contributed by atoms with Crippen LogP contribution in [0.3, 0.4) is 0 Å². The lowest BCUT2D eigenvalue weighted by Crippen LogP contribution is -2.21. The Kier molecular flexibility index (Phi) is 6.07. The van der Waals surface area contributed by atoms with Crippen LogP contribution in [0.25, 0.3) is 21.3 Å². The Labute approximate surface area is 192 Å². The average molecular weight is 497 g/mol. The second kappa shape index (κ2) is 8.77. The summed E-state index contributed by atoms with van der Waals surface area (Å²) in [6.45, 7) is 6.02. The molecule has 4 rings (SSSR count). The van der Waals surface area contributed by atoms with E-state index in [-0.39, 0.29) is 17.6 Å². The number of ether oxygens (including phenoxy) is 1. The van der Waals surface area contributed by atoms with E-state index in [4.69, 9.17) is 4.74 Å². The lowest BCUT2D eigenvalue weighted by atomic mass is 10.0. The van der Waals surface area contributed by atoms with E-state index in [1.165, 1.54) is 11.3 Å². The predicted octanol–water partition coefficient (Wildman–Crippen LogP) is 5.81. The maximum Gasteiger partial charge on any atom is 0.338 e. The predicted molar refractivity (Wildman–Crippen MR) is 128 cm³/mol. The average Bonchev–Trinajstić information content (AvgIpc) is 3.07. The van der Waals surface area contributed by atoms with Gasteiger partial charge in [0.1, 0.15) is 4.83 Å². The third-order valence-corrected chi connectivity index (χ3v) is 6.41. The Morgan fingerprint density at radius 1 is 1.13 bits per heavy atom. The van der Waals surface area contributed by atoms with Crippen molar-refractivity contribution in [1.29, 1.82) is 0 Å². The number of aromatic nitrogens is 2. The monoisotopic (exact) mass is 496 g/mol. The van der Waals surface area contributed by atoms with Crippen molar-refractivity contribution in [3.05, 3.63) is 85.7 Å². The third-order valence-electron chi connectivity index (χ3n) is 4.87. The number of esters is 1. The summed E-state index contributed by atoms with van der Waals surface area (Å²) in [5.74, 6) is -0.352. The zero-order valence-corrected chi connectivity index (χ0v) is 19.8. The number of aryl methyl sites for hydroxylation is 1. The van der Waals surface area contributed by atoms with Gasteiger partial charge in [0.05, 0.1) is 29.9 Å². The molecule has 158 valence electrons. The Balaban J connectivity index is 1.69. The minimum atomic E-state index is -0.352. The number of benzene rings is 2. The van der Waals surface area contributed by atoms with Crippen LogP contribution in [-0.2, 0) is 11.3 Å². The van der Waals surface area contributed by atoms with E-state index in [1.54, 1.807) is 23.0 Å².